The van der Waals surface area contributed by atoms with Crippen LogP contribution in [0.4, 0.5) is 0 Å². The van der Waals surface area contributed by atoms with Crippen molar-refractivity contribution in [1.82, 2.24) is 4.90 Å². The normalized spacial score (nSPS) is 13.1. The summed E-state index contributed by atoms with van der Waals surface area (Å²) >= 11 is 0. The summed E-state index contributed by atoms with van der Waals surface area (Å²) in [6.45, 7) is 5.82. The standard InChI is InChI=1S/C27H38N2O4/c1-20(2)27(19-28,24-9-10-25(32-4)26(16-24)33-5)12-6-13-29(3)14-11-21-7-8-22(17-30)23(15-21)18-31/h7-10,15-16,20,30-31H,6,11-14,17-18H2,1-5H3. The van der Waals surface area contributed by atoms with Gasteiger partial charge in [0.1, 0.15) is 0 Å². The Morgan fingerprint density at radius 2 is 1.67 bits per heavy atom. The maximum Gasteiger partial charge on any atom is 0.161 e. The summed E-state index contributed by atoms with van der Waals surface area (Å²) in [7, 11) is 5.31. The first-order chi connectivity index (χ1) is 15.8. The molecule has 0 spiro atoms. The van der Waals surface area contributed by atoms with Crippen LogP contribution in [0.2, 0.25) is 0 Å². The second kappa shape index (κ2) is 12.6. The Morgan fingerprint density at radius 3 is 2.24 bits per heavy atom. The zero-order valence-electron chi connectivity index (χ0n) is 20.6. The van der Waals surface area contributed by atoms with Gasteiger partial charge in [0.25, 0.3) is 0 Å². The zero-order chi connectivity index (χ0) is 24.4. The van der Waals surface area contributed by atoms with Gasteiger partial charge < -0.3 is 24.6 Å². The molecule has 0 saturated carbocycles. The zero-order valence-corrected chi connectivity index (χ0v) is 20.6. The fraction of sp³-hybridized carbons (Fsp3) is 0.519. The molecule has 1 unspecified atom stereocenters. The fourth-order valence-corrected chi connectivity index (χ4v) is 4.33. The highest BCUT2D eigenvalue weighted by Crippen LogP contribution is 2.40. The quantitative estimate of drug-likeness (QED) is 0.475. The lowest BCUT2D eigenvalue weighted by atomic mass is 9.69. The van der Waals surface area contributed by atoms with Crippen LogP contribution in [0.3, 0.4) is 0 Å². The van der Waals surface area contributed by atoms with E-state index in [1.165, 1.54) is 0 Å². The van der Waals surface area contributed by atoms with E-state index in [1.54, 1.807) is 14.2 Å². The molecule has 33 heavy (non-hydrogen) atoms. The molecular weight excluding hydrogens is 416 g/mol. The highest BCUT2D eigenvalue weighted by atomic mass is 16.5. The van der Waals surface area contributed by atoms with Gasteiger partial charge in [-0.25, -0.2) is 0 Å². The molecule has 2 aromatic rings. The third-order valence-corrected chi connectivity index (χ3v) is 6.59. The van der Waals surface area contributed by atoms with Crippen molar-refractivity contribution in [2.24, 2.45) is 5.92 Å². The Kier molecular flexibility index (Phi) is 10.2. The monoisotopic (exact) mass is 454 g/mol. The Balaban J connectivity index is 2.02. The first kappa shape index (κ1) is 26.7. The summed E-state index contributed by atoms with van der Waals surface area (Å²) in [5, 5.41) is 29.1. The third-order valence-electron chi connectivity index (χ3n) is 6.59. The van der Waals surface area contributed by atoms with Gasteiger partial charge in [-0.2, -0.15) is 5.26 Å². The summed E-state index contributed by atoms with van der Waals surface area (Å²) in [5.74, 6) is 1.45. The van der Waals surface area contributed by atoms with Crippen molar-refractivity contribution < 1.29 is 19.7 Å². The average molecular weight is 455 g/mol. The van der Waals surface area contributed by atoms with Gasteiger partial charge in [0, 0.05) is 6.54 Å². The number of hydrogen-bond donors (Lipinski definition) is 2. The molecule has 0 saturated heterocycles. The highest BCUT2D eigenvalue weighted by molar-refractivity contribution is 5.47. The summed E-state index contributed by atoms with van der Waals surface area (Å²) in [6, 6.07) is 14.3. The van der Waals surface area contributed by atoms with E-state index in [2.05, 4.69) is 31.9 Å². The molecule has 2 rings (SSSR count). The maximum absolute atomic E-state index is 10.2. The Labute approximate surface area is 198 Å². The molecule has 0 aliphatic heterocycles. The number of likely N-dealkylation sites (N-methyl/N-ethyl adjacent to an activating group) is 1. The van der Waals surface area contributed by atoms with Crippen molar-refractivity contribution >= 4 is 0 Å². The van der Waals surface area contributed by atoms with Crippen LogP contribution < -0.4 is 9.47 Å². The SMILES string of the molecule is COc1ccc(C(C#N)(CCCN(C)CCc2ccc(CO)c(CO)c2)C(C)C)cc1OC. The van der Waals surface area contributed by atoms with Gasteiger partial charge in [0.2, 0.25) is 0 Å². The van der Waals surface area contributed by atoms with E-state index in [4.69, 9.17) is 9.47 Å². The molecule has 180 valence electrons. The van der Waals surface area contributed by atoms with Gasteiger partial charge in [0.15, 0.2) is 11.5 Å². The number of aliphatic hydroxyl groups excluding tert-OH is 2. The number of ether oxygens (including phenoxy) is 2. The topological polar surface area (TPSA) is 86.0 Å². The van der Waals surface area contributed by atoms with Crippen LogP contribution in [0, 0.1) is 17.2 Å². The van der Waals surface area contributed by atoms with Crippen LogP contribution in [0.15, 0.2) is 36.4 Å². The van der Waals surface area contributed by atoms with Crippen molar-refractivity contribution in [1.29, 1.82) is 5.26 Å². The van der Waals surface area contributed by atoms with Crippen molar-refractivity contribution in [2.45, 2.75) is 51.7 Å². The summed E-state index contributed by atoms with van der Waals surface area (Å²) in [4.78, 5) is 2.27. The Morgan fingerprint density at radius 1 is 0.970 bits per heavy atom. The van der Waals surface area contributed by atoms with Crippen LogP contribution in [-0.4, -0.2) is 49.5 Å². The average Bonchev–Trinajstić information content (AvgIpc) is 2.84. The second-order valence-corrected chi connectivity index (χ2v) is 8.88. The van der Waals surface area contributed by atoms with E-state index < -0.39 is 5.41 Å². The number of benzene rings is 2. The maximum atomic E-state index is 10.2. The summed E-state index contributed by atoms with van der Waals surface area (Å²) in [5.41, 5.74) is 3.05. The molecule has 0 radical (unpaired) electrons. The molecule has 0 amide bonds. The number of aliphatic hydroxyl groups is 2. The number of nitrogens with zero attached hydrogens (tertiary/aromatic N) is 2. The minimum Gasteiger partial charge on any atom is -0.493 e. The molecule has 1 atom stereocenters. The van der Waals surface area contributed by atoms with Crippen molar-refractivity contribution in [3.63, 3.8) is 0 Å². The van der Waals surface area contributed by atoms with Crippen LogP contribution in [0.25, 0.3) is 0 Å². The lowest BCUT2D eigenvalue weighted by molar-refractivity contribution is 0.259. The lowest BCUT2D eigenvalue weighted by Crippen LogP contribution is -2.32. The minimum atomic E-state index is -0.601. The van der Waals surface area contributed by atoms with E-state index in [9.17, 15) is 15.5 Å². The number of rotatable bonds is 13. The first-order valence-corrected chi connectivity index (χ1v) is 11.5. The van der Waals surface area contributed by atoms with Gasteiger partial charge in [-0.15, -0.1) is 0 Å². The van der Waals surface area contributed by atoms with Gasteiger partial charge in [0.05, 0.1) is 38.9 Å². The molecule has 0 fully saturated rings. The van der Waals surface area contributed by atoms with Crippen molar-refractivity contribution in [3.05, 3.63) is 58.7 Å². The van der Waals surface area contributed by atoms with Crippen molar-refractivity contribution in [3.8, 4) is 17.6 Å². The summed E-state index contributed by atoms with van der Waals surface area (Å²) in [6.07, 6.45) is 2.50. The smallest absolute Gasteiger partial charge is 0.161 e. The highest BCUT2D eigenvalue weighted by Gasteiger charge is 2.36. The fourth-order valence-electron chi connectivity index (χ4n) is 4.33. The van der Waals surface area contributed by atoms with Gasteiger partial charge in [-0.3, -0.25) is 0 Å². The van der Waals surface area contributed by atoms with Crippen LogP contribution in [0.5, 0.6) is 11.5 Å². The molecule has 6 nitrogen and oxygen atoms in total. The minimum absolute atomic E-state index is 0.0629. The molecule has 0 aromatic heterocycles. The van der Waals surface area contributed by atoms with Crippen LogP contribution in [-0.2, 0) is 25.0 Å². The van der Waals surface area contributed by atoms with Gasteiger partial charge >= 0.3 is 0 Å². The third kappa shape index (κ3) is 6.48. The van der Waals surface area contributed by atoms with E-state index in [1.807, 2.05) is 36.4 Å². The molecule has 0 bridgehead atoms. The number of methoxy groups -OCH3 is 2. The lowest BCUT2D eigenvalue weighted by Gasteiger charge is -2.32. The predicted octanol–water partition coefficient (Wildman–Crippen LogP) is 4.06. The number of nitriles is 1. The van der Waals surface area contributed by atoms with E-state index in [0.717, 1.165) is 54.6 Å². The largest absolute Gasteiger partial charge is 0.493 e. The molecular formula is C27H38N2O4. The number of hydrogen-bond acceptors (Lipinski definition) is 6. The second-order valence-electron chi connectivity index (χ2n) is 8.88. The molecule has 2 aromatic carbocycles. The molecule has 0 heterocycles. The summed E-state index contributed by atoms with van der Waals surface area (Å²) < 4.78 is 10.8. The first-order valence-electron chi connectivity index (χ1n) is 11.5. The van der Waals surface area contributed by atoms with Gasteiger partial charge in [-0.05, 0) is 73.2 Å². The van der Waals surface area contributed by atoms with E-state index in [0.29, 0.717) is 11.5 Å². The predicted molar refractivity (Wildman–Crippen MR) is 130 cm³/mol. The van der Waals surface area contributed by atoms with Crippen molar-refractivity contribution in [2.75, 3.05) is 34.4 Å². The Bertz CT molecular complexity index is 938. The molecule has 0 aliphatic carbocycles. The van der Waals surface area contributed by atoms with Gasteiger partial charge in [-0.1, -0.05) is 38.1 Å². The van der Waals surface area contributed by atoms with Crippen LogP contribution >= 0.6 is 0 Å². The van der Waals surface area contributed by atoms with Crippen LogP contribution in [0.1, 0.15) is 48.9 Å². The Hall–Kier alpha value is -2.59. The molecule has 2 N–H and O–H groups in total. The van der Waals surface area contributed by atoms with E-state index in [-0.39, 0.29) is 19.1 Å². The molecule has 0 aliphatic rings. The van der Waals surface area contributed by atoms with E-state index >= 15 is 0 Å². The molecule has 6 heteroatoms.